The van der Waals surface area contributed by atoms with Gasteiger partial charge in [0.05, 0.1) is 23.7 Å². The van der Waals surface area contributed by atoms with E-state index in [-0.39, 0.29) is 23.4 Å². The largest absolute Gasteiger partial charge is 0.491 e. The first-order valence-corrected chi connectivity index (χ1v) is 14.1. The zero-order valence-electron chi connectivity index (χ0n) is 25.7. The van der Waals surface area contributed by atoms with Gasteiger partial charge in [0.1, 0.15) is 11.6 Å². The molecule has 2 aromatic rings. The highest BCUT2D eigenvalue weighted by molar-refractivity contribution is 5.77. The fourth-order valence-electron chi connectivity index (χ4n) is 5.31. The molecule has 0 saturated carbocycles. The average Bonchev–Trinajstić information content (AvgIpc) is 2.87. The molecule has 1 aliphatic rings. The van der Waals surface area contributed by atoms with Gasteiger partial charge in [-0.2, -0.15) is 0 Å². The van der Waals surface area contributed by atoms with Gasteiger partial charge in [-0.3, -0.25) is 14.2 Å². The summed E-state index contributed by atoms with van der Waals surface area (Å²) in [6, 6.07) is 4.06. The maximum atomic E-state index is 13.3. The van der Waals surface area contributed by atoms with E-state index >= 15 is 0 Å². The summed E-state index contributed by atoms with van der Waals surface area (Å²) in [5.41, 5.74) is 5.72. The van der Waals surface area contributed by atoms with Crippen molar-refractivity contribution in [2.45, 2.75) is 79.4 Å². The molecule has 3 unspecified atom stereocenters. The molecular formula is C33H44N4O4. The van der Waals surface area contributed by atoms with Gasteiger partial charge < -0.3 is 14.4 Å². The molecule has 0 aliphatic carbocycles. The molecule has 1 aromatic heterocycles. The number of nitrogens with zero attached hydrogens (tertiary/aromatic N) is 4. The average molecular weight is 561 g/mol. The molecule has 0 amide bonds. The first kappa shape index (κ1) is 31.6. The molecule has 0 bridgehead atoms. The molecule has 0 saturated heterocycles. The van der Waals surface area contributed by atoms with E-state index in [1.807, 2.05) is 31.7 Å². The molecule has 8 nitrogen and oxygen atoms in total. The first-order valence-electron chi connectivity index (χ1n) is 14.1. The lowest BCUT2D eigenvalue weighted by molar-refractivity contribution is -0.155. The number of ether oxygens (including phenoxy) is 2. The maximum absolute atomic E-state index is 13.3. The summed E-state index contributed by atoms with van der Waals surface area (Å²) in [5.74, 6) is 0.415. The van der Waals surface area contributed by atoms with Crippen LogP contribution < -0.4 is 21.3 Å². The molecule has 1 aromatic carbocycles. The Kier molecular flexibility index (Phi) is 10.1. The molecule has 8 heteroatoms. The van der Waals surface area contributed by atoms with Crippen LogP contribution in [-0.2, 0) is 27.7 Å². The summed E-state index contributed by atoms with van der Waals surface area (Å²) in [4.78, 5) is 37.2. The van der Waals surface area contributed by atoms with Crippen molar-refractivity contribution in [2.24, 2.45) is 18.0 Å². The van der Waals surface area contributed by atoms with Crippen molar-refractivity contribution in [1.82, 2.24) is 9.55 Å². The Bertz CT molecular complexity index is 1540. The second-order valence-electron chi connectivity index (χ2n) is 11.3. The molecule has 1 aliphatic heterocycles. The number of carbonyl (C=O) groups excluding carboxylic acids is 1. The number of aryl methyl sites for hydroxylation is 2. The van der Waals surface area contributed by atoms with E-state index in [9.17, 15) is 9.59 Å². The van der Waals surface area contributed by atoms with Crippen LogP contribution in [0.15, 0.2) is 58.6 Å². The highest BCUT2D eigenvalue weighted by Gasteiger charge is 2.37. The number of esters is 1. The SMILES string of the molecule is C=C(C)CCC(CC(=C)C)C(OC(=C)C)C(CN1c2cc(CC)c(C)cc2N=c2c1nc(=C)n(C)c2=O)OC(C)=O. The zero-order chi connectivity index (χ0) is 30.6. The Balaban J connectivity index is 2.25. The third-order valence-corrected chi connectivity index (χ3v) is 7.33. The Morgan fingerprint density at radius 1 is 1.07 bits per heavy atom. The number of allylic oxidation sites excluding steroid dienone is 3. The van der Waals surface area contributed by atoms with Crippen LogP contribution in [0.5, 0.6) is 0 Å². The number of fused-ring (bicyclic) bond motifs is 2. The van der Waals surface area contributed by atoms with Crippen molar-refractivity contribution in [1.29, 1.82) is 0 Å². The van der Waals surface area contributed by atoms with Crippen molar-refractivity contribution in [3.63, 3.8) is 0 Å². The number of carbonyl (C=O) groups is 1. The molecular weight excluding hydrogens is 516 g/mol. The fourth-order valence-corrected chi connectivity index (χ4v) is 5.31. The normalized spacial score (nSPS) is 14.2. The molecule has 0 N–H and O–H groups in total. The van der Waals surface area contributed by atoms with Crippen LogP contribution in [0.1, 0.15) is 65.0 Å². The minimum absolute atomic E-state index is 0.0390. The van der Waals surface area contributed by atoms with Gasteiger partial charge >= 0.3 is 5.97 Å². The Morgan fingerprint density at radius 2 is 1.76 bits per heavy atom. The zero-order valence-corrected chi connectivity index (χ0v) is 25.7. The van der Waals surface area contributed by atoms with Crippen LogP contribution in [0, 0.1) is 12.8 Å². The fraction of sp³-hybridized carbons (Fsp3) is 0.455. The molecule has 3 atom stereocenters. The van der Waals surface area contributed by atoms with Crippen molar-refractivity contribution in [3.8, 4) is 0 Å². The number of rotatable bonds is 13. The van der Waals surface area contributed by atoms with Gasteiger partial charge in [-0.15, -0.1) is 13.2 Å². The minimum atomic E-state index is -0.733. The lowest BCUT2D eigenvalue weighted by Crippen LogP contribution is -2.51. The third kappa shape index (κ3) is 7.43. The van der Waals surface area contributed by atoms with E-state index in [1.165, 1.54) is 11.5 Å². The highest BCUT2D eigenvalue weighted by atomic mass is 16.6. The topological polar surface area (TPSA) is 86.0 Å². The van der Waals surface area contributed by atoms with Crippen molar-refractivity contribution in [3.05, 3.63) is 81.1 Å². The molecule has 0 radical (unpaired) electrons. The minimum Gasteiger partial charge on any atom is -0.491 e. The quantitative estimate of drug-likeness (QED) is 0.189. The summed E-state index contributed by atoms with van der Waals surface area (Å²) in [6.45, 7) is 27.7. The van der Waals surface area contributed by atoms with E-state index in [0.717, 1.165) is 47.2 Å². The summed E-state index contributed by atoms with van der Waals surface area (Å²) < 4.78 is 13.8. The lowest BCUT2D eigenvalue weighted by atomic mass is 9.86. The van der Waals surface area contributed by atoms with Gasteiger partial charge in [-0.25, -0.2) is 9.98 Å². The van der Waals surface area contributed by atoms with E-state index in [0.29, 0.717) is 29.2 Å². The Hall–Kier alpha value is -3.94. The van der Waals surface area contributed by atoms with Crippen LogP contribution >= 0.6 is 0 Å². The Morgan fingerprint density at radius 3 is 2.32 bits per heavy atom. The molecule has 220 valence electrons. The van der Waals surface area contributed by atoms with Gasteiger partial charge in [0, 0.05) is 19.9 Å². The smallest absolute Gasteiger partial charge is 0.303 e. The lowest BCUT2D eigenvalue weighted by Gasteiger charge is -2.38. The van der Waals surface area contributed by atoms with Crippen LogP contribution in [0.3, 0.4) is 0 Å². The second-order valence-corrected chi connectivity index (χ2v) is 11.3. The van der Waals surface area contributed by atoms with Crippen LogP contribution in [0.25, 0.3) is 6.58 Å². The summed E-state index contributed by atoms with van der Waals surface area (Å²) in [5, 5.41) is 0.218. The molecule has 41 heavy (non-hydrogen) atoms. The predicted molar refractivity (Wildman–Crippen MR) is 165 cm³/mol. The van der Waals surface area contributed by atoms with Gasteiger partial charge in [0.25, 0.3) is 5.56 Å². The molecule has 0 fully saturated rings. The number of hydrogen-bond acceptors (Lipinski definition) is 7. The van der Waals surface area contributed by atoms with Gasteiger partial charge in [-0.1, -0.05) is 31.2 Å². The van der Waals surface area contributed by atoms with E-state index in [1.54, 1.807) is 14.0 Å². The van der Waals surface area contributed by atoms with E-state index in [4.69, 9.17) is 19.5 Å². The summed E-state index contributed by atoms with van der Waals surface area (Å²) in [7, 11) is 1.63. The van der Waals surface area contributed by atoms with Crippen LogP contribution in [0.4, 0.5) is 17.2 Å². The summed E-state index contributed by atoms with van der Waals surface area (Å²) >= 11 is 0. The van der Waals surface area contributed by atoms with Crippen molar-refractivity contribution < 1.29 is 14.3 Å². The van der Waals surface area contributed by atoms with Crippen molar-refractivity contribution in [2.75, 3.05) is 11.4 Å². The third-order valence-electron chi connectivity index (χ3n) is 7.33. The molecule has 2 heterocycles. The first-order chi connectivity index (χ1) is 19.2. The van der Waals surface area contributed by atoms with Crippen LogP contribution in [-0.4, -0.2) is 34.3 Å². The second kappa shape index (κ2) is 13.1. The number of anilines is 2. The monoisotopic (exact) mass is 560 g/mol. The predicted octanol–water partition coefficient (Wildman–Crippen LogP) is 5.25. The van der Waals surface area contributed by atoms with Crippen LogP contribution in [0.2, 0.25) is 0 Å². The highest BCUT2D eigenvalue weighted by Crippen LogP contribution is 2.38. The van der Waals surface area contributed by atoms with E-state index in [2.05, 4.69) is 39.3 Å². The maximum Gasteiger partial charge on any atom is 0.303 e. The number of hydrogen-bond donors (Lipinski definition) is 0. The Labute approximate surface area is 243 Å². The van der Waals surface area contributed by atoms with Gasteiger partial charge in [-0.05, 0) is 76.6 Å². The van der Waals surface area contributed by atoms with Gasteiger partial charge in [0.15, 0.2) is 17.3 Å². The molecule has 3 rings (SSSR count). The van der Waals surface area contributed by atoms with E-state index < -0.39 is 18.2 Å². The molecule has 0 spiro atoms. The number of aromatic nitrogens is 2. The standard InChI is InChI=1S/C33H44N4O4/c1-12-25-17-28-27(16-22(25)8)35-30-32(34-23(9)36(11)33(30)39)37(28)18-29(41-24(10)38)31(40-21(6)7)26(15-20(4)5)14-13-19(2)3/h16-17,26,29,31H,2,4,6,9,12-15,18H2,1,3,5,7-8,10-11H3. The number of benzene rings is 1. The van der Waals surface area contributed by atoms with Crippen molar-refractivity contribution >= 4 is 29.7 Å². The van der Waals surface area contributed by atoms with Gasteiger partial charge in [0.2, 0.25) is 0 Å². The summed E-state index contributed by atoms with van der Waals surface area (Å²) in [6.07, 6.45) is 1.77.